The lowest BCUT2D eigenvalue weighted by atomic mass is 10.1. The van der Waals surface area contributed by atoms with E-state index in [4.69, 9.17) is 0 Å². The summed E-state index contributed by atoms with van der Waals surface area (Å²) in [5.41, 5.74) is 11.4. The van der Waals surface area contributed by atoms with Gasteiger partial charge in [-0.3, -0.25) is 0 Å². The SMILES string of the molecule is Cc1cc(N(C)c2ccc(Nc3ccc(NC(C)CC(C)C)cc3)c(C)c2)ccc1Nc1ccc(NC(C)CC(C)C)cc1. The molecule has 2 atom stereocenters. The van der Waals surface area contributed by atoms with Crippen LogP contribution in [0.1, 0.15) is 65.5 Å². The lowest BCUT2D eigenvalue weighted by Gasteiger charge is -2.23. The first-order valence-electron chi connectivity index (χ1n) is 16.2. The molecule has 5 nitrogen and oxygen atoms in total. The summed E-state index contributed by atoms with van der Waals surface area (Å²) >= 11 is 0. The van der Waals surface area contributed by atoms with Gasteiger partial charge in [0.2, 0.25) is 0 Å². The fraction of sp³-hybridized carbons (Fsp3) is 0.385. The molecule has 0 spiro atoms. The molecule has 5 heteroatoms. The minimum atomic E-state index is 0.459. The zero-order valence-corrected chi connectivity index (χ0v) is 28.3. The minimum Gasteiger partial charge on any atom is -0.383 e. The van der Waals surface area contributed by atoms with E-state index < -0.39 is 0 Å². The van der Waals surface area contributed by atoms with Crippen LogP contribution in [0, 0.1) is 25.7 Å². The fourth-order valence-corrected chi connectivity index (χ4v) is 5.85. The first-order valence-corrected chi connectivity index (χ1v) is 16.2. The van der Waals surface area contributed by atoms with E-state index in [0.717, 1.165) is 58.3 Å². The van der Waals surface area contributed by atoms with Gasteiger partial charge in [0.1, 0.15) is 0 Å². The van der Waals surface area contributed by atoms with Crippen LogP contribution < -0.4 is 26.2 Å². The van der Waals surface area contributed by atoms with Crippen LogP contribution in [0.4, 0.5) is 45.5 Å². The lowest BCUT2D eigenvalue weighted by Crippen LogP contribution is -2.17. The summed E-state index contributed by atoms with van der Waals surface area (Å²) in [4.78, 5) is 2.24. The lowest BCUT2D eigenvalue weighted by molar-refractivity contribution is 0.539. The summed E-state index contributed by atoms with van der Waals surface area (Å²) in [5, 5.41) is 14.4. The predicted molar refractivity (Wildman–Crippen MR) is 195 cm³/mol. The summed E-state index contributed by atoms with van der Waals surface area (Å²) in [5.74, 6) is 1.37. The Labute approximate surface area is 266 Å². The van der Waals surface area contributed by atoms with E-state index in [2.05, 4.69) is 174 Å². The topological polar surface area (TPSA) is 51.4 Å². The van der Waals surface area contributed by atoms with Crippen molar-refractivity contribution in [2.45, 2.75) is 80.3 Å². The number of aryl methyl sites for hydroxylation is 2. The monoisotopic (exact) mass is 591 g/mol. The molecular formula is C39H53N5. The highest BCUT2D eigenvalue weighted by atomic mass is 15.1. The van der Waals surface area contributed by atoms with Crippen LogP contribution in [0.15, 0.2) is 84.9 Å². The molecule has 4 N–H and O–H groups in total. The van der Waals surface area contributed by atoms with Crippen LogP contribution in [0.2, 0.25) is 0 Å². The van der Waals surface area contributed by atoms with E-state index in [1.54, 1.807) is 0 Å². The van der Waals surface area contributed by atoms with Crippen molar-refractivity contribution < 1.29 is 0 Å². The van der Waals surface area contributed by atoms with Crippen molar-refractivity contribution in [2.24, 2.45) is 11.8 Å². The smallest absolute Gasteiger partial charge is 0.0415 e. The van der Waals surface area contributed by atoms with Gasteiger partial charge in [0.25, 0.3) is 0 Å². The molecule has 234 valence electrons. The standard InChI is InChI=1S/C39H53N5/c1-26(2)22-30(7)40-32-10-14-34(15-11-32)42-38-20-18-36(24-28(38)5)44(9)37-19-21-39(29(6)25-37)43-35-16-12-33(13-17-35)41-31(8)23-27(3)4/h10-21,24-27,30-31,40-43H,22-23H2,1-9H3. The van der Waals surface area contributed by atoms with E-state index in [1.165, 1.54) is 11.1 Å². The van der Waals surface area contributed by atoms with Gasteiger partial charge in [-0.2, -0.15) is 0 Å². The molecule has 4 rings (SSSR count). The van der Waals surface area contributed by atoms with E-state index in [1.807, 2.05) is 0 Å². The van der Waals surface area contributed by atoms with Crippen molar-refractivity contribution in [3.05, 3.63) is 96.1 Å². The number of hydrogen-bond donors (Lipinski definition) is 4. The summed E-state index contributed by atoms with van der Waals surface area (Å²) in [7, 11) is 2.13. The highest BCUT2D eigenvalue weighted by Crippen LogP contribution is 2.32. The average molecular weight is 592 g/mol. The highest BCUT2D eigenvalue weighted by Gasteiger charge is 2.10. The van der Waals surface area contributed by atoms with Gasteiger partial charge in [-0.1, -0.05) is 27.7 Å². The van der Waals surface area contributed by atoms with Crippen LogP contribution in [-0.4, -0.2) is 19.1 Å². The maximum Gasteiger partial charge on any atom is 0.0415 e. The molecule has 0 saturated carbocycles. The molecule has 0 saturated heterocycles. The van der Waals surface area contributed by atoms with Crippen molar-refractivity contribution in [2.75, 3.05) is 33.2 Å². The molecule has 0 aromatic heterocycles. The molecule has 0 heterocycles. The van der Waals surface area contributed by atoms with Gasteiger partial charge >= 0.3 is 0 Å². The van der Waals surface area contributed by atoms with Gasteiger partial charge < -0.3 is 26.2 Å². The van der Waals surface area contributed by atoms with Crippen molar-refractivity contribution >= 4 is 45.5 Å². The minimum absolute atomic E-state index is 0.459. The second-order valence-electron chi connectivity index (χ2n) is 13.3. The molecule has 4 aromatic carbocycles. The molecule has 0 aliphatic carbocycles. The van der Waals surface area contributed by atoms with Gasteiger partial charge in [0.15, 0.2) is 0 Å². The van der Waals surface area contributed by atoms with Crippen LogP contribution >= 0.6 is 0 Å². The average Bonchev–Trinajstić information content (AvgIpc) is 2.96. The van der Waals surface area contributed by atoms with E-state index >= 15 is 0 Å². The third-order valence-electron chi connectivity index (χ3n) is 8.00. The molecular weight excluding hydrogens is 538 g/mol. The van der Waals surface area contributed by atoms with E-state index in [-0.39, 0.29) is 0 Å². The Morgan fingerprint density at radius 2 is 0.841 bits per heavy atom. The van der Waals surface area contributed by atoms with Crippen LogP contribution in [0.25, 0.3) is 0 Å². The maximum absolute atomic E-state index is 3.60. The van der Waals surface area contributed by atoms with Crippen molar-refractivity contribution in [3.63, 3.8) is 0 Å². The number of anilines is 8. The maximum atomic E-state index is 3.60. The van der Waals surface area contributed by atoms with Gasteiger partial charge in [-0.05, 0) is 148 Å². The Balaban J connectivity index is 1.36. The van der Waals surface area contributed by atoms with Gasteiger partial charge in [-0.15, -0.1) is 0 Å². The summed E-state index contributed by atoms with van der Waals surface area (Å²) in [6, 6.07) is 31.3. The summed E-state index contributed by atoms with van der Waals surface area (Å²) in [6.45, 7) is 17.9. The second-order valence-corrected chi connectivity index (χ2v) is 13.3. The third kappa shape index (κ3) is 9.44. The van der Waals surface area contributed by atoms with Crippen LogP contribution in [-0.2, 0) is 0 Å². The Kier molecular flexibility index (Phi) is 11.2. The van der Waals surface area contributed by atoms with Crippen LogP contribution in [0.5, 0.6) is 0 Å². The van der Waals surface area contributed by atoms with Crippen molar-refractivity contribution in [1.82, 2.24) is 0 Å². The van der Waals surface area contributed by atoms with Crippen molar-refractivity contribution in [1.29, 1.82) is 0 Å². The van der Waals surface area contributed by atoms with E-state index in [0.29, 0.717) is 23.9 Å². The molecule has 2 unspecified atom stereocenters. The Hall–Kier alpha value is -4.12. The van der Waals surface area contributed by atoms with Gasteiger partial charge in [0, 0.05) is 64.6 Å². The first kappa shape index (κ1) is 32.8. The van der Waals surface area contributed by atoms with Crippen LogP contribution in [0.3, 0.4) is 0 Å². The summed E-state index contributed by atoms with van der Waals surface area (Å²) < 4.78 is 0. The van der Waals surface area contributed by atoms with Gasteiger partial charge in [0.05, 0.1) is 0 Å². The zero-order valence-electron chi connectivity index (χ0n) is 28.3. The Bertz CT molecular complexity index is 1360. The molecule has 0 radical (unpaired) electrons. The largest absolute Gasteiger partial charge is 0.383 e. The number of benzene rings is 4. The second kappa shape index (κ2) is 15.1. The molecule has 0 fully saturated rings. The molecule has 0 bridgehead atoms. The number of nitrogens with zero attached hydrogens (tertiary/aromatic N) is 1. The normalized spacial score (nSPS) is 12.6. The Morgan fingerprint density at radius 3 is 1.16 bits per heavy atom. The summed E-state index contributed by atoms with van der Waals surface area (Å²) in [6.07, 6.45) is 2.32. The fourth-order valence-electron chi connectivity index (χ4n) is 5.85. The van der Waals surface area contributed by atoms with Gasteiger partial charge in [-0.25, -0.2) is 0 Å². The predicted octanol–water partition coefficient (Wildman–Crippen LogP) is 11.3. The molecule has 0 aliphatic heterocycles. The molecule has 44 heavy (non-hydrogen) atoms. The number of hydrogen-bond acceptors (Lipinski definition) is 5. The number of rotatable bonds is 14. The zero-order chi connectivity index (χ0) is 31.8. The molecule has 0 aliphatic rings. The quantitative estimate of drug-likeness (QED) is 0.117. The van der Waals surface area contributed by atoms with Crippen molar-refractivity contribution in [3.8, 4) is 0 Å². The Morgan fingerprint density at radius 1 is 0.500 bits per heavy atom. The third-order valence-corrected chi connectivity index (χ3v) is 8.00. The number of nitrogens with one attached hydrogen (secondary N) is 4. The highest BCUT2D eigenvalue weighted by molar-refractivity contribution is 5.74. The van der Waals surface area contributed by atoms with E-state index in [9.17, 15) is 0 Å². The molecule has 4 aromatic rings. The molecule has 0 amide bonds. The first-order chi connectivity index (χ1) is 21.0.